The summed E-state index contributed by atoms with van der Waals surface area (Å²) in [5.41, 5.74) is 0.853. The lowest BCUT2D eigenvalue weighted by molar-refractivity contribution is 0.257. The van der Waals surface area contributed by atoms with Gasteiger partial charge in [0, 0.05) is 0 Å². The number of methoxy groups -OCH3 is 1. The van der Waals surface area contributed by atoms with Gasteiger partial charge >= 0.3 is 0 Å². The molecule has 0 saturated heterocycles. The van der Waals surface area contributed by atoms with Gasteiger partial charge in [0.2, 0.25) is 9.54 Å². The van der Waals surface area contributed by atoms with Crippen molar-refractivity contribution in [3.8, 4) is 11.5 Å². The predicted molar refractivity (Wildman–Crippen MR) is 91.1 cm³/mol. The molecule has 0 fully saturated rings. The minimum atomic E-state index is 0.408. The predicted octanol–water partition coefficient (Wildman–Crippen LogP) is 3.53. The SMILES string of the molecule is COc1cc(/C=N\n2c(=S)[nH][nH]c2=S)ccc1OCC(C)C. The van der Waals surface area contributed by atoms with E-state index in [-0.39, 0.29) is 0 Å². The Kier molecular flexibility index (Phi) is 5.51. The average Bonchev–Trinajstić information content (AvgIpc) is 2.82. The Morgan fingerprint density at radius 2 is 1.91 bits per heavy atom. The zero-order chi connectivity index (χ0) is 16.1. The normalized spacial score (nSPS) is 11.3. The largest absolute Gasteiger partial charge is 0.493 e. The molecule has 2 rings (SSSR count). The van der Waals surface area contributed by atoms with Crippen LogP contribution in [-0.2, 0) is 0 Å². The number of hydrogen-bond donors (Lipinski definition) is 2. The number of rotatable bonds is 6. The summed E-state index contributed by atoms with van der Waals surface area (Å²) in [7, 11) is 1.61. The molecule has 1 heterocycles. The first-order valence-corrected chi connectivity index (χ1v) is 7.57. The molecule has 2 N–H and O–H groups in total. The zero-order valence-corrected chi connectivity index (χ0v) is 14.3. The molecule has 0 unspecified atom stereocenters. The van der Waals surface area contributed by atoms with E-state index < -0.39 is 0 Å². The molecule has 0 aliphatic rings. The molecule has 22 heavy (non-hydrogen) atoms. The van der Waals surface area contributed by atoms with Crippen LogP contribution in [0.15, 0.2) is 23.3 Å². The Morgan fingerprint density at radius 3 is 2.50 bits per heavy atom. The quantitative estimate of drug-likeness (QED) is 0.624. The fourth-order valence-electron chi connectivity index (χ4n) is 1.67. The second-order valence-electron chi connectivity index (χ2n) is 5.03. The van der Waals surface area contributed by atoms with Crippen molar-refractivity contribution in [1.82, 2.24) is 14.9 Å². The molecule has 1 aromatic carbocycles. The molecule has 0 atom stereocenters. The number of benzene rings is 1. The maximum Gasteiger partial charge on any atom is 0.215 e. The van der Waals surface area contributed by atoms with Crippen molar-refractivity contribution in [2.75, 3.05) is 13.7 Å². The minimum absolute atomic E-state index is 0.408. The van der Waals surface area contributed by atoms with E-state index in [4.69, 9.17) is 33.9 Å². The van der Waals surface area contributed by atoms with E-state index in [0.29, 0.717) is 33.6 Å². The van der Waals surface area contributed by atoms with Crippen molar-refractivity contribution >= 4 is 30.7 Å². The van der Waals surface area contributed by atoms with Gasteiger partial charge in [-0.25, -0.2) is 0 Å². The van der Waals surface area contributed by atoms with Crippen LogP contribution in [-0.4, -0.2) is 34.8 Å². The van der Waals surface area contributed by atoms with Crippen molar-refractivity contribution in [3.05, 3.63) is 33.3 Å². The Bertz CT molecular complexity index is 746. The molecular weight excluding hydrogens is 320 g/mol. The molecule has 2 aromatic rings. The molecule has 8 heteroatoms. The van der Waals surface area contributed by atoms with Gasteiger partial charge in [-0.2, -0.15) is 9.78 Å². The third-order valence-corrected chi connectivity index (χ3v) is 3.29. The molecule has 0 aliphatic carbocycles. The monoisotopic (exact) mass is 338 g/mol. The Balaban J connectivity index is 2.22. The number of aromatic nitrogens is 3. The topological polar surface area (TPSA) is 67.3 Å². The maximum atomic E-state index is 5.72. The van der Waals surface area contributed by atoms with Gasteiger partial charge in [-0.3, -0.25) is 10.2 Å². The third-order valence-electron chi connectivity index (χ3n) is 2.74. The van der Waals surface area contributed by atoms with E-state index in [9.17, 15) is 0 Å². The molecule has 0 amide bonds. The summed E-state index contributed by atoms with van der Waals surface area (Å²) >= 11 is 10.1. The van der Waals surface area contributed by atoms with Crippen LogP contribution in [0.4, 0.5) is 0 Å². The highest BCUT2D eigenvalue weighted by Gasteiger charge is 2.06. The van der Waals surface area contributed by atoms with Gasteiger partial charge in [-0.1, -0.05) is 13.8 Å². The average molecular weight is 338 g/mol. The lowest BCUT2D eigenvalue weighted by Crippen LogP contribution is -2.05. The van der Waals surface area contributed by atoms with Crippen molar-refractivity contribution in [3.63, 3.8) is 0 Å². The first kappa shape index (κ1) is 16.4. The molecular formula is C14H18N4O2S2. The number of H-pyrrole nitrogens is 2. The second-order valence-corrected chi connectivity index (χ2v) is 5.81. The van der Waals surface area contributed by atoms with Gasteiger partial charge in [-0.15, -0.1) is 0 Å². The molecule has 118 valence electrons. The van der Waals surface area contributed by atoms with Crippen LogP contribution >= 0.6 is 24.4 Å². The summed E-state index contributed by atoms with van der Waals surface area (Å²) in [6, 6.07) is 5.60. The highest BCUT2D eigenvalue weighted by Crippen LogP contribution is 2.28. The molecule has 0 saturated carbocycles. The summed E-state index contributed by atoms with van der Waals surface area (Å²) in [5, 5.41) is 9.68. The summed E-state index contributed by atoms with van der Waals surface area (Å²) < 4.78 is 13.3. The van der Waals surface area contributed by atoms with Crippen molar-refractivity contribution in [1.29, 1.82) is 0 Å². The van der Waals surface area contributed by atoms with Crippen LogP contribution in [0, 0.1) is 15.5 Å². The lowest BCUT2D eigenvalue weighted by Gasteiger charge is -2.12. The van der Waals surface area contributed by atoms with E-state index in [1.54, 1.807) is 13.3 Å². The van der Waals surface area contributed by atoms with E-state index in [0.717, 1.165) is 5.56 Å². The standard InChI is InChI=1S/C14H18N4O2S2/c1-9(2)8-20-11-5-4-10(6-12(11)19-3)7-15-18-13(21)16-17-14(18)22/h4-7,9H,8H2,1-3H3,(H,16,21)(H,17,22)/b15-7-. The Labute approximate surface area is 138 Å². The highest BCUT2D eigenvalue weighted by molar-refractivity contribution is 7.72. The summed E-state index contributed by atoms with van der Waals surface area (Å²) in [5.74, 6) is 1.82. The molecule has 0 bridgehead atoms. The van der Waals surface area contributed by atoms with Crippen molar-refractivity contribution in [2.45, 2.75) is 13.8 Å². The Morgan fingerprint density at radius 1 is 1.23 bits per heavy atom. The molecule has 6 nitrogen and oxygen atoms in total. The summed E-state index contributed by atoms with van der Waals surface area (Å²) in [6.07, 6.45) is 1.65. The first-order valence-electron chi connectivity index (χ1n) is 6.76. The van der Waals surface area contributed by atoms with Crippen LogP contribution in [0.2, 0.25) is 0 Å². The van der Waals surface area contributed by atoms with Crippen LogP contribution in [0.3, 0.4) is 0 Å². The van der Waals surface area contributed by atoms with Crippen LogP contribution < -0.4 is 9.47 Å². The summed E-state index contributed by atoms with van der Waals surface area (Å²) in [6.45, 7) is 4.83. The zero-order valence-electron chi connectivity index (χ0n) is 12.6. The smallest absolute Gasteiger partial charge is 0.215 e. The minimum Gasteiger partial charge on any atom is -0.493 e. The van der Waals surface area contributed by atoms with Gasteiger partial charge in [0.25, 0.3) is 0 Å². The fourth-order valence-corrected chi connectivity index (χ4v) is 2.11. The second kappa shape index (κ2) is 7.37. The number of nitrogens with one attached hydrogen (secondary N) is 2. The fraction of sp³-hybridized carbons (Fsp3) is 0.357. The maximum absolute atomic E-state index is 5.72. The number of nitrogens with zero attached hydrogens (tertiary/aromatic N) is 2. The van der Waals surface area contributed by atoms with Crippen LogP contribution in [0.25, 0.3) is 0 Å². The Hall–Kier alpha value is -1.93. The van der Waals surface area contributed by atoms with Crippen LogP contribution in [0.5, 0.6) is 11.5 Å². The number of hydrogen-bond acceptors (Lipinski definition) is 5. The van der Waals surface area contributed by atoms with Gasteiger partial charge < -0.3 is 9.47 Å². The summed E-state index contributed by atoms with van der Waals surface area (Å²) in [4.78, 5) is 0. The molecule has 0 spiro atoms. The number of ether oxygens (including phenoxy) is 2. The number of aromatic amines is 2. The molecule has 1 aromatic heterocycles. The highest BCUT2D eigenvalue weighted by atomic mass is 32.1. The first-order chi connectivity index (χ1) is 10.5. The molecule has 0 aliphatic heterocycles. The van der Waals surface area contributed by atoms with E-state index in [1.807, 2.05) is 18.2 Å². The third kappa shape index (κ3) is 4.05. The van der Waals surface area contributed by atoms with E-state index in [2.05, 4.69) is 29.1 Å². The van der Waals surface area contributed by atoms with Crippen LogP contribution in [0.1, 0.15) is 19.4 Å². The lowest BCUT2D eigenvalue weighted by atomic mass is 10.2. The van der Waals surface area contributed by atoms with Gasteiger partial charge in [0.05, 0.1) is 19.9 Å². The van der Waals surface area contributed by atoms with Gasteiger partial charge in [0.1, 0.15) is 0 Å². The van der Waals surface area contributed by atoms with Crippen molar-refractivity contribution < 1.29 is 9.47 Å². The van der Waals surface area contributed by atoms with Gasteiger partial charge in [-0.05, 0) is 54.1 Å². The van der Waals surface area contributed by atoms with E-state index in [1.165, 1.54) is 4.68 Å². The molecule has 0 radical (unpaired) electrons. The van der Waals surface area contributed by atoms with E-state index >= 15 is 0 Å². The van der Waals surface area contributed by atoms with Gasteiger partial charge in [0.15, 0.2) is 11.5 Å². The van der Waals surface area contributed by atoms with Crippen molar-refractivity contribution in [2.24, 2.45) is 11.0 Å².